The predicted molar refractivity (Wildman–Crippen MR) is 45.9 cm³/mol. The van der Waals surface area contributed by atoms with Gasteiger partial charge in [-0.05, 0) is 18.2 Å². The molecule has 0 aliphatic carbocycles. The van der Waals surface area contributed by atoms with Gasteiger partial charge in [-0.15, -0.1) is 0 Å². The van der Waals surface area contributed by atoms with Crippen molar-refractivity contribution in [2.75, 3.05) is 13.2 Å². The highest BCUT2D eigenvalue weighted by molar-refractivity contribution is 7.93. The molecule has 0 saturated heterocycles. The molecule has 0 atom stereocenters. The molecule has 64 valence electrons. The van der Waals surface area contributed by atoms with Crippen LogP contribution in [0.25, 0.3) is 0 Å². The van der Waals surface area contributed by atoms with E-state index in [-0.39, 0.29) is 0 Å². The van der Waals surface area contributed by atoms with E-state index < -0.39 is 0 Å². The highest BCUT2D eigenvalue weighted by Gasteiger charge is 2.11. The lowest BCUT2D eigenvalue weighted by molar-refractivity contribution is 0.171. The van der Waals surface area contributed by atoms with Crippen molar-refractivity contribution in [1.82, 2.24) is 0 Å². The number of benzene rings is 1. The fraction of sp³-hybridized carbons (Fsp3) is 0.250. The summed E-state index contributed by atoms with van der Waals surface area (Å²) in [6, 6.07) is 5.35. The minimum Gasteiger partial charge on any atom is -0.486 e. The third-order valence-corrected chi connectivity index (χ3v) is 2.08. The van der Waals surface area contributed by atoms with Crippen molar-refractivity contribution >= 4 is 12.0 Å². The summed E-state index contributed by atoms with van der Waals surface area (Å²) in [5, 5.41) is 0. The molecule has 0 saturated carbocycles. The summed E-state index contributed by atoms with van der Waals surface area (Å²) in [5.74, 6) is 1.46. The van der Waals surface area contributed by atoms with Gasteiger partial charge in [0.1, 0.15) is 13.2 Å². The van der Waals surface area contributed by atoms with Crippen molar-refractivity contribution in [3.05, 3.63) is 18.2 Å². The van der Waals surface area contributed by atoms with E-state index in [1.165, 1.54) is 0 Å². The third kappa shape index (κ3) is 1.35. The molecule has 1 aliphatic heterocycles. The van der Waals surface area contributed by atoms with Crippen molar-refractivity contribution in [3.8, 4) is 11.5 Å². The minimum atomic E-state index is 0.576. The molecule has 1 aliphatic rings. The Bertz CT molecular complexity index is 288. The Balaban J connectivity index is 2.36. The van der Waals surface area contributed by atoms with E-state index in [1.807, 2.05) is 0 Å². The van der Waals surface area contributed by atoms with E-state index in [9.17, 15) is 0 Å². The van der Waals surface area contributed by atoms with Crippen LogP contribution >= 0.6 is 12.0 Å². The highest BCUT2D eigenvalue weighted by Crippen LogP contribution is 2.33. The maximum absolute atomic E-state index is 8.76. The van der Waals surface area contributed by atoms with Crippen LogP contribution in [0.15, 0.2) is 23.1 Å². The fourth-order valence-corrected chi connectivity index (χ4v) is 1.37. The molecule has 3 nitrogen and oxygen atoms in total. The van der Waals surface area contributed by atoms with Crippen LogP contribution < -0.4 is 9.47 Å². The molecule has 0 amide bonds. The van der Waals surface area contributed by atoms with Gasteiger partial charge in [-0.2, -0.15) is 0 Å². The van der Waals surface area contributed by atoms with Gasteiger partial charge in [0.2, 0.25) is 0 Å². The van der Waals surface area contributed by atoms with E-state index in [2.05, 4.69) is 0 Å². The molecule has 0 unspecified atom stereocenters. The quantitative estimate of drug-likeness (QED) is 0.678. The molecule has 1 N–H and O–H groups in total. The molecule has 12 heavy (non-hydrogen) atoms. The van der Waals surface area contributed by atoms with E-state index in [1.54, 1.807) is 18.2 Å². The topological polar surface area (TPSA) is 38.7 Å². The Kier molecular flexibility index (Phi) is 2.10. The monoisotopic (exact) mass is 184 g/mol. The van der Waals surface area contributed by atoms with E-state index in [0.29, 0.717) is 31.0 Å². The van der Waals surface area contributed by atoms with Crippen LogP contribution in [0.5, 0.6) is 11.5 Å². The zero-order valence-corrected chi connectivity index (χ0v) is 7.13. The van der Waals surface area contributed by atoms with Gasteiger partial charge in [0.05, 0.1) is 0 Å². The first-order chi connectivity index (χ1) is 5.90. The lowest BCUT2D eigenvalue weighted by Crippen LogP contribution is -2.15. The third-order valence-electron chi connectivity index (χ3n) is 1.62. The van der Waals surface area contributed by atoms with Crippen LogP contribution in [-0.4, -0.2) is 17.8 Å². The molecular formula is C8H8O3S. The van der Waals surface area contributed by atoms with Crippen LogP contribution in [0.1, 0.15) is 0 Å². The first-order valence-corrected chi connectivity index (χ1v) is 4.38. The normalized spacial score (nSPS) is 14.4. The Labute approximate surface area is 74.5 Å². The first kappa shape index (κ1) is 7.76. The Hall–Kier alpha value is -0.870. The number of fused-ring (bicyclic) bond motifs is 1. The number of rotatable bonds is 1. The summed E-state index contributed by atoms with van der Waals surface area (Å²) in [6.07, 6.45) is 0. The van der Waals surface area contributed by atoms with Crippen molar-refractivity contribution in [2.45, 2.75) is 4.90 Å². The van der Waals surface area contributed by atoms with Gasteiger partial charge in [-0.25, -0.2) is 0 Å². The molecule has 1 aromatic carbocycles. The van der Waals surface area contributed by atoms with Gasteiger partial charge < -0.3 is 14.0 Å². The summed E-state index contributed by atoms with van der Waals surface area (Å²) < 4.78 is 19.4. The van der Waals surface area contributed by atoms with Crippen LogP contribution in [-0.2, 0) is 0 Å². The van der Waals surface area contributed by atoms with Gasteiger partial charge in [-0.3, -0.25) is 0 Å². The second-order valence-corrected chi connectivity index (χ2v) is 3.05. The molecular weight excluding hydrogens is 176 g/mol. The summed E-state index contributed by atoms with van der Waals surface area (Å²) in [4.78, 5) is 0.763. The molecule has 0 fully saturated rings. The zero-order chi connectivity index (χ0) is 8.39. The molecule has 0 bridgehead atoms. The van der Waals surface area contributed by atoms with Gasteiger partial charge in [0.15, 0.2) is 11.5 Å². The highest BCUT2D eigenvalue weighted by atomic mass is 32.2. The van der Waals surface area contributed by atoms with Gasteiger partial charge in [0, 0.05) is 16.9 Å². The molecule has 2 rings (SSSR count). The molecule has 1 aromatic rings. The average molecular weight is 184 g/mol. The summed E-state index contributed by atoms with van der Waals surface area (Å²) in [7, 11) is 0. The molecule has 1 heterocycles. The SMILES string of the molecule is OSc1ccc2c(c1)OCCO2. The lowest BCUT2D eigenvalue weighted by Gasteiger charge is -2.18. The van der Waals surface area contributed by atoms with E-state index >= 15 is 0 Å². The molecule has 0 spiro atoms. The standard InChI is InChI=1S/C8H8O3S/c9-12-6-1-2-7-8(5-6)11-4-3-10-7/h1-2,5,9H,3-4H2. The number of ether oxygens (including phenoxy) is 2. The number of hydrogen-bond donors (Lipinski definition) is 1. The van der Waals surface area contributed by atoms with E-state index in [4.69, 9.17) is 14.0 Å². The summed E-state index contributed by atoms with van der Waals surface area (Å²) >= 11 is 0.706. The van der Waals surface area contributed by atoms with Crippen LogP contribution in [0, 0.1) is 0 Å². The maximum atomic E-state index is 8.76. The maximum Gasteiger partial charge on any atom is 0.162 e. The molecule has 0 radical (unpaired) electrons. The van der Waals surface area contributed by atoms with Gasteiger partial charge in [-0.1, -0.05) is 0 Å². The van der Waals surface area contributed by atoms with Crippen molar-refractivity contribution in [1.29, 1.82) is 0 Å². The Morgan fingerprint density at radius 2 is 1.92 bits per heavy atom. The van der Waals surface area contributed by atoms with Crippen LogP contribution in [0.3, 0.4) is 0 Å². The second-order valence-electron chi connectivity index (χ2n) is 2.40. The number of hydrogen-bond acceptors (Lipinski definition) is 4. The Morgan fingerprint density at radius 3 is 2.67 bits per heavy atom. The fourth-order valence-electron chi connectivity index (χ4n) is 1.08. The summed E-state index contributed by atoms with van der Waals surface area (Å²) in [5.41, 5.74) is 0. The smallest absolute Gasteiger partial charge is 0.162 e. The average Bonchev–Trinajstić information content (AvgIpc) is 2.17. The van der Waals surface area contributed by atoms with Gasteiger partial charge >= 0.3 is 0 Å². The molecule has 4 heteroatoms. The molecule has 0 aromatic heterocycles. The largest absolute Gasteiger partial charge is 0.486 e. The predicted octanol–water partition coefficient (Wildman–Crippen LogP) is 2.02. The zero-order valence-electron chi connectivity index (χ0n) is 6.32. The van der Waals surface area contributed by atoms with E-state index in [0.717, 1.165) is 10.6 Å². The Morgan fingerprint density at radius 1 is 1.17 bits per heavy atom. The van der Waals surface area contributed by atoms with Crippen LogP contribution in [0.2, 0.25) is 0 Å². The second kappa shape index (κ2) is 3.25. The summed E-state index contributed by atoms with van der Waals surface area (Å²) in [6.45, 7) is 1.17. The minimum absolute atomic E-state index is 0.576. The van der Waals surface area contributed by atoms with Crippen molar-refractivity contribution < 1.29 is 14.0 Å². The van der Waals surface area contributed by atoms with Crippen LogP contribution in [0.4, 0.5) is 0 Å². The van der Waals surface area contributed by atoms with Crippen molar-refractivity contribution in [2.24, 2.45) is 0 Å². The lowest BCUT2D eigenvalue weighted by atomic mass is 10.3. The first-order valence-electron chi connectivity index (χ1n) is 3.61. The van der Waals surface area contributed by atoms with Gasteiger partial charge in [0.25, 0.3) is 0 Å². The van der Waals surface area contributed by atoms with Crippen molar-refractivity contribution in [3.63, 3.8) is 0 Å².